The van der Waals surface area contributed by atoms with E-state index in [0.29, 0.717) is 29.8 Å². The van der Waals surface area contributed by atoms with Gasteiger partial charge in [-0.1, -0.05) is 19.4 Å². The summed E-state index contributed by atoms with van der Waals surface area (Å²) in [6, 6.07) is 5.97. The molecule has 1 unspecified atom stereocenters. The van der Waals surface area contributed by atoms with Gasteiger partial charge in [0, 0.05) is 13.0 Å². The summed E-state index contributed by atoms with van der Waals surface area (Å²) >= 11 is 0. The zero-order chi connectivity index (χ0) is 22.8. The lowest BCUT2D eigenvalue weighted by molar-refractivity contribution is -0.137. The molecular weight excluding hydrogens is 410 g/mol. The van der Waals surface area contributed by atoms with Gasteiger partial charge in [-0.25, -0.2) is 15.9 Å². The Morgan fingerprint density at radius 1 is 1.34 bits per heavy atom. The molecular formula is C23H31N5O4. The first kappa shape index (κ1) is 22.3. The van der Waals surface area contributed by atoms with Crippen LogP contribution in [0.4, 0.5) is 5.69 Å². The van der Waals surface area contributed by atoms with Crippen LogP contribution in [0.25, 0.3) is 11.4 Å². The Morgan fingerprint density at radius 3 is 2.81 bits per heavy atom. The van der Waals surface area contributed by atoms with E-state index in [1.165, 1.54) is 0 Å². The van der Waals surface area contributed by atoms with Gasteiger partial charge in [0.2, 0.25) is 5.91 Å². The van der Waals surface area contributed by atoms with Crippen molar-refractivity contribution in [3.63, 3.8) is 0 Å². The molecule has 4 N–H and O–H groups in total. The van der Waals surface area contributed by atoms with Gasteiger partial charge in [-0.15, -0.1) is 0 Å². The van der Waals surface area contributed by atoms with Gasteiger partial charge < -0.3 is 14.7 Å². The van der Waals surface area contributed by atoms with Crippen molar-refractivity contribution in [2.75, 3.05) is 18.7 Å². The number of ether oxygens (including phenoxy) is 1. The van der Waals surface area contributed by atoms with E-state index in [4.69, 9.17) is 14.9 Å². The number of hydrogen-bond donors (Lipinski definition) is 4. The van der Waals surface area contributed by atoms with E-state index < -0.39 is 0 Å². The van der Waals surface area contributed by atoms with Gasteiger partial charge in [-0.05, 0) is 56.2 Å². The van der Waals surface area contributed by atoms with Crippen molar-refractivity contribution in [1.29, 1.82) is 0 Å². The first-order valence-corrected chi connectivity index (χ1v) is 11.3. The third-order valence-electron chi connectivity index (χ3n) is 6.35. The summed E-state index contributed by atoms with van der Waals surface area (Å²) in [5, 5.41) is 10.5. The maximum atomic E-state index is 12.9. The first-order chi connectivity index (χ1) is 15.4. The average Bonchev–Trinajstić information content (AvgIpc) is 3.07. The van der Waals surface area contributed by atoms with Crippen LogP contribution in [-0.2, 0) is 11.2 Å². The number of amides is 1. The Morgan fingerprint density at radius 2 is 2.12 bits per heavy atom. The molecule has 0 bridgehead atoms. The number of hydrazine groups is 1. The Balaban J connectivity index is 1.65. The third-order valence-corrected chi connectivity index (χ3v) is 6.35. The molecule has 1 amide bonds. The number of nitrogens with zero attached hydrogens (tertiary/aromatic N) is 2. The molecule has 4 rings (SSSR count). The molecule has 2 aliphatic rings. The van der Waals surface area contributed by atoms with Gasteiger partial charge >= 0.3 is 0 Å². The van der Waals surface area contributed by atoms with E-state index in [-0.39, 0.29) is 23.4 Å². The normalized spacial score (nSPS) is 21.8. The number of aromatic amines is 1. The van der Waals surface area contributed by atoms with Crippen molar-refractivity contribution < 1.29 is 14.7 Å². The van der Waals surface area contributed by atoms with Crippen molar-refractivity contribution in [3.05, 3.63) is 39.8 Å². The predicted octanol–water partition coefficient (Wildman–Crippen LogP) is 2.71. The molecule has 0 spiro atoms. The largest absolute Gasteiger partial charge is 0.493 e. The highest BCUT2D eigenvalue weighted by atomic mass is 16.5. The molecule has 2 heterocycles. The van der Waals surface area contributed by atoms with Gasteiger partial charge in [0.05, 0.1) is 23.9 Å². The van der Waals surface area contributed by atoms with Crippen LogP contribution in [-0.4, -0.2) is 34.7 Å². The first-order valence-electron chi connectivity index (χ1n) is 11.3. The summed E-state index contributed by atoms with van der Waals surface area (Å²) in [4.78, 5) is 32.2. The van der Waals surface area contributed by atoms with Crippen molar-refractivity contribution in [2.24, 2.45) is 11.8 Å². The number of hydroxylamine groups is 1. The van der Waals surface area contributed by atoms with Gasteiger partial charge in [0.15, 0.2) is 0 Å². The summed E-state index contributed by atoms with van der Waals surface area (Å²) in [5.74, 6) is 1.12. The SMILES string of the molecule is CCCC1NN(C)c2c1nc(-c1cc(CC3CC(C(=O)NO)C3)ccc1OCC)[nH]c2=O. The summed E-state index contributed by atoms with van der Waals surface area (Å²) in [5.41, 5.74) is 8.06. The molecule has 1 aliphatic heterocycles. The number of benzene rings is 1. The Hall–Kier alpha value is -2.91. The fourth-order valence-electron chi connectivity index (χ4n) is 4.74. The van der Waals surface area contributed by atoms with Crippen molar-refractivity contribution in [2.45, 2.75) is 52.0 Å². The highest BCUT2D eigenvalue weighted by molar-refractivity contribution is 5.78. The molecule has 0 saturated heterocycles. The minimum Gasteiger partial charge on any atom is -0.493 e. The third kappa shape index (κ3) is 4.22. The lowest BCUT2D eigenvalue weighted by Crippen LogP contribution is -2.38. The van der Waals surface area contributed by atoms with Crippen LogP contribution in [0.3, 0.4) is 0 Å². The van der Waals surface area contributed by atoms with E-state index in [1.54, 1.807) is 10.5 Å². The number of hydrogen-bond acceptors (Lipinski definition) is 7. The molecule has 9 nitrogen and oxygen atoms in total. The number of fused-ring (bicyclic) bond motifs is 1. The van der Waals surface area contributed by atoms with E-state index >= 15 is 0 Å². The van der Waals surface area contributed by atoms with E-state index in [0.717, 1.165) is 48.9 Å². The maximum Gasteiger partial charge on any atom is 0.276 e. The molecule has 1 aromatic carbocycles. The zero-order valence-corrected chi connectivity index (χ0v) is 18.8. The number of carbonyl (C=O) groups excluding carboxylic acids is 1. The van der Waals surface area contributed by atoms with E-state index in [9.17, 15) is 9.59 Å². The quantitative estimate of drug-likeness (QED) is 0.367. The number of aromatic nitrogens is 2. The Bertz CT molecular complexity index is 1050. The van der Waals surface area contributed by atoms with Crippen LogP contribution in [0.1, 0.15) is 56.8 Å². The minimum absolute atomic E-state index is 0.00403. The molecule has 9 heteroatoms. The van der Waals surface area contributed by atoms with Gasteiger partial charge in [0.25, 0.3) is 5.56 Å². The number of rotatable bonds is 8. The topological polar surface area (TPSA) is 120 Å². The fourth-order valence-corrected chi connectivity index (χ4v) is 4.74. The second-order valence-corrected chi connectivity index (χ2v) is 8.66. The second kappa shape index (κ2) is 9.30. The van der Waals surface area contributed by atoms with Gasteiger partial charge in [-0.3, -0.25) is 14.8 Å². The zero-order valence-electron chi connectivity index (χ0n) is 18.8. The molecule has 0 radical (unpaired) electrons. The highest BCUT2D eigenvalue weighted by Crippen LogP contribution is 2.38. The molecule has 1 fully saturated rings. The summed E-state index contributed by atoms with van der Waals surface area (Å²) < 4.78 is 5.84. The second-order valence-electron chi connectivity index (χ2n) is 8.66. The maximum absolute atomic E-state index is 12.9. The van der Waals surface area contributed by atoms with Crippen LogP contribution >= 0.6 is 0 Å². The van der Waals surface area contributed by atoms with Gasteiger partial charge in [-0.2, -0.15) is 0 Å². The Labute approximate surface area is 187 Å². The van der Waals surface area contributed by atoms with Gasteiger partial charge in [0.1, 0.15) is 17.3 Å². The van der Waals surface area contributed by atoms with Crippen LogP contribution in [0.15, 0.2) is 23.0 Å². The van der Waals surface area contributed by atoms with Crippen molar-refractivity contribution >= 4 is 11.6 Å². The summed E-state index contributed by atoms with van der Waals surface area (Å²) in [6.07, 6.45) is 4.17. The average molecular weight is 442 g/mol. The predicted molar refractivity (Wildman–Crippen MR) is 120 cm³/mol. The minimum atomic E-state index is -0.311. The highest BCUT2D eigenvalue weighted by Gasteiger charge is 2.34. The lowest BCUT2D eigenvalue weighted by Gasteiger charge is -2.33. The number of nitrogens with one attached hydrogen (secondary N) is 3. The molecule has 1 aliphatic carbocycles. The monoisotopic (exact) mass is 441 g/mol. The molecule has 172 valence electrons. The van der Waals surface area contributed by atoms with Crippen LogP contribution in [0.2, 0.25) is 0 Å². The van der Waals surface area contributed by atoms with Crippen LogP contribution < -0.4 is 26.2 Å². The number of H-pyrrole nitrogens is 1. The van der Waals surface area contributed by atoms with E-state index in [1.807, 2.05) is 32.2 Å². The molecule has 1 saturated carbocycles. The standard InChI is InChI=1S/C23H31N5O4/c1-4-6-17-19-20(28(3)26-17)23(30)25-21(24-19)16-12-13(7-8-18(16)32-5-2)9-14-10-15(11-14)22(29)27-31/h7-8,12,14-15,17,26,31H,4-6,9-11H2,1-3H3,(H,27,29)(H,24,25,30). The number of anilines is 1. The molecule has 32 heavy (non-hydrogen) atoms. The smallest absolute Gasteiger partial charge is 0.276 e. The number of carbonyl (C=O) groups is 1. The fraction of sp³-hybridized carbons (Fsp3) is 0.522. The van der Waals surface area contributed by atoms with Crippen molar-refractivity contribution in [3.8, 4) is 17.1 Å². The van der Waals surface area contributed by atoms with Crippen LogP contribution in [0.5, 0.6) is 5.75 Å². The Kier molecular flexibility index (Phi) is 6.48. The van der Waals surface area contributed by atoms with Crippen LogP contribution in [0, 0.1) is 11.8 Å². The summed E-state index contributed by atoms with van der Waals surface area (Å²) in [6.45, 7) is 4.54. The van der Waals surface area contributed by atoms with Crippen molar-refractivity contribution in [1.82, 2.24) is 20.9 Å². The molecule has 2 aromatic rings. The molecule has 1 atom stereocenters. The summed E-state index contributed by atoms with van der Waals surface area (Å²) in [7, 11) is 1.83. The lowest BCUT2D eigenvalue weighted by atomic mass is 9.72. The van der Waals surface area contributed by atoms with E-state index in [2.05, 4.69) is 17.3 Å². The molecule has 1 aromatic heterocycles.